The fourth-order valence-corrected chi connectivity index (χ4v) is 1.81. The van der Waals surface area contributed by atoms with Crippen LogP contribution in [0.2, 0.25) is 0 Å². The van der Waals surface area contributed by atoms with Crippen LogP contribution < -0.4 is 11.1 Å². The van der Waals surface area contributed by atoms with Gasteiger partial charge in [-0.1, -0.05) is 6.07 Å². The lowest BCUT2D eigenvalue weighted by Gasteiger charge is -2.16. The molecule has 3 N–H and O–H groups in total. The minimum absolute atomic E-state index is 0.00671. The number of esters is 1. The maximum Gasteiger partial charge on any atom is 0.340 e. The largest absolute Gasteiger partial charge is 0.449 e. The zero-order valence-corrected chi connectivity index (χ0v) is 12.7. The number of amides is 1. The molecule has 6 heteroatoms. The van der Waals surface area contributed by atoms with Crippen LogP contribution in [0, 0.1) is 0 Å². The lowest BCUT2D eigenvalue weighted by Crippen LogP contribution is -2.39. The zero-order chi connectivity index (χ0) is 14.6. The minimum atomic E-state index is -0.858. The number of benzene rings is 1. The van der Waals surface area contributed by atoms with Gasteiger partial charge in [-0.05, 0) is 48.8 Å². The normalized spacial score (nSPS) is 12.1. The van der Waals surface area contributed by atoms with Crippen molar-refractivity contribution in [2.75, 3.05) is 5.73 Å². The van der Waals surface area contributed by atoms with Crippen molar-refractivity contribution in [3.8, 4) is 0 Å². The van der Waals surface area contributed by atoms with E-state index in [0.29, 0.717) is 15.7 Å². The summed E-state index contributed by atoms with van der Waals surface area (Å²) < 4.78 is 5.57. The Morgan fingerprint density at radius 1 is 1.32 bits per heavy atom. The fourth-order valence-electron chi connectivity index (χ4n) is 1.39. The number of anilines is 1. The van der Waals surface area contributed by atoms with Crippen molar-refractivity contribution in [2.24, 2.45) is 0 Å². The number of hydrogen-bond acceptors (Lipinski definition) is 4. The summed E-state index contributed by atoms with van der Waals surface area (Å²) in [5, 5.41) is 2.67. The molecule has 1 unspecified atom stereocenters. The van der Waals surface area contributed by atoms with Crippen molar-refractivity contribution in [1.82, 2.24) is 5.32 Å². The average Bonchev–Trinajstić information content (AvgIpc) is 2.31. The molecule has 1 aromatic carbocycles. The lowest BCUT2D eigenvalue weighted by molar-refractivity contribution is -0.129. The Labute approximate surface area is 120 Å². The molecule has 0 aromatic heterocycles. The Morgan fingerprint density at radius 2 is 1.95 bits per heavy atom. The molecule has 1 atom stereocenters. The SMILES string of the molecule is CC(C)NC(=O)C(C)OC(=O)c1cccc(N)c1Br. The van der Waals surface area contributed by atoms with E-state index in [1.807, 2.05) is 13.8 Å². The predicted molar refractivity (Wildman–Crippen MR) is 76.7 cm³/mol. The van der Waals surface area contributed by atoms with E-state index in [9.17, 15) is 9.59 Å². The summed E-state index contributed by atoms with van der Waals surface area (Å²) in [7, 11) is 0. The zero-order valence-electron chi connectivity index (χ0n) is 11.1. The molecular formula is C13H17BrN2O3. The monoisotopic (exact) mass is 328 g/mol. The van der Waals surface area contributed by atoms with Crippen LogP contribution in [-0.2, 0) is 9.53 Å². The Morgan fingerprint density at radius 3 is 2.53 bits per heavy atom. The maximum atomic E-state index is 11.9. The molecule has 0 aliphatic rings. The number of nitrogens with one attached hydrogen (secondary N) is 1. The van der Waals surface area contributed by atoms with Gasteiger partial charge in [-0.3, -0.25) is 4.79 Å². The summed E-state index contributed by atoms with van der Waals surface area (Å²) in [6, 6.07) is 4.88. The van der Waals surface area contributed by atoms with E-state index in [-0.39, 0.29) is 11.9 Å². The molecule has 1 aromatic rings. The van der Waals surface area contributed by atoms with Crippen molar-refractivity contribution in [3.05, 3.63) is 28.2 Å². The number of nitrogens with two attached hydrogens (primary N) is 1. The summed E-state index contributed by atoms with van der Waals surface area (Å²) >= 11 is 3.22. The molecule has 0 aliphatic carbocycles. The van der Waals surface area contributed by atoms with Crippen LogP contribution in [0.25, 0.3) is 0 Å². The highest BCUT2D eigenvalue weighted by molar-refractivity contribution is 9.10. The first kappa shape index (κ1) is 15.5. The van der Waals surface area contributed by atoms with E-state index >= 15 is 0 Å². The van der Waals surface area contributed by atoms with E-state index in [1.54, 1.807) is 18.2 Å². The van der Waals surface area contributed by atoms with Gasteiger partial charge in [0.25, 0.3) is 5.91 Å². The van der Waals surface area contributed by atoms with Crippen molar-refractivity contribution in [3.63, 3.8) is 0 Å². The van der Waals surface area contributed by atoms with Gasteiger partial charge in [0, 0.05) is 11.7 Å². The average molecular weight is 329 g/mol. The van der Waals surface area contributed by atoms with E-state index < -0.39 is 12.1 Å². The number of halogens is 1. The van der Waals surface area contributed by atoms with Crippen molar-refractivity contribution in [2.45, 2.75) is 32.9 Å². The summed E-state index contributed by atoms with van der Waals surface area (Å²) in [6.45, 7) is 5.19. The topological polar surface area (TPSA) is 81.4 Å². The number of rotatable bonds is 4. The Kier molecular flexibility index (Phi) is 5.35. The van der Waals surface area contributed by atoms with Gasteiger partial charge in [-0.2, -0.15) is 0 Å². The van der Waals surface area contributed by atoms with Gasteiger partial charge in [0.1, 0.15) is 0 Å². The molecule has 5 nitrogen and oxygen atoms in total. The molecule has 0 saturated carbocycles. The molecule has 104 valence electrons. The quantitative estimate of drug-likeness (QED) is 0.655. The van der Waals surface area contributed by atoms with E-state index in [1.165, 1.54) is 6.92 Å². The van der Waals surface area contributed by atoms with E-state index in [2.05, 4.69) is 21.2 Å². The molecule has 0 saturated heterocycles. The molecule has 0 radical (unpaired) electrons. The van der Waals surface area contributed by atoms with Gasteiger partial charge in [0.2, 0.25) is 0 Å². The molecular weight excluding hydrogens is 312 g/mol. The number of carbonyl (C=O) groups is 2. The molecule has 19 heavy (non-hydrogen) atoms. The number of nitrogen functional groups attached to an aromatic ring is 1. The highest BCUT2D eigenvalue weighted by atomic mass is 79.9. The van der Waals surface area contributed by atoms with Crippen LogP contribution in [0.1, 0.15) is 31.1 Å². The molecule has 0 aliphatic heterocycles. The molecule has 1 amide bonds. The van der Waals surface area contributed by atoms with Gasteiger partial charge in [-0.25, -0.2) is 4.79 Å². The molecule has 0 spiro atoms. The second-order valence-corrected chi connectivity index (χ2v) is 5.21. The second kappa shape index (κ2) is 6.56. The Balaban J connectivity index is 2.74. The molecule has 0 fully saturated rings. The van der Waals surface area contributed by atoms with Crippen LogP contribution >= 0.6 is 15.9 Å². The third kappa shape index (κ3) is 4.24. The predicted octanol–water partition coefficient (Wildman–Crippen LogP) is 2.10. The molecule has 1 rings (SSSR count). The minimum Gasteiger partial charge on any atom is -0.449 e. The molecule has 0 bridgehead atoms. The first-order valence-electron chi connectivity index (χ1n) is 5.88. The third-order valence-electron chi connectivity index (χ3n) is 2.33. The smallest absolute Gasteiger partial charge is 0.340 e. The standard InChI is InChI=1S/C13H17BrN2O3/c1-7(2)16-12(17)8(3)19-13(18)9-5-4-6-10(15)11(9)14/h4-8H,15H2,1-3H3,(H,16,17). The van der Waals surface area contributed by atoms with Crippen LogP contribution in [-0.4, -0.2) is 24.0 Å². The van der Waals surface area contributed by atoms with Gasteiger partial charge < -0.3 is 15.8 Å². The van der Waals surface area contributed by atoms with Crippen molar-refractivity contribution in [1.29, 1.82) is 0 Å². The van der Waals surface area contributed by atoms with Crippen LogP contribution in [0.4, 0.5) is 5.69 Å². The number of ether oxygens (including phenoxy) is 1. The summed E-state index contributed by atoms with van der Waals surface area (Å²) in [5.74, 6) is -0.922. The Bertz CT molecular complexity index is 489. The van der Waals surface area contributed by atoms with Crippen LogP contribution in [0.5, 0.6) is 0 Å². The summed E-state index contributed by atoms with van der Waals surface area (Å²) in [5.41, 5.74) is 6.42. The third-order valence-corrected chi connectivity index (χ3v) is 3.22. The lowest BCUT2D eigenvalue weighted by atomic mass is 10.2. The first-order valence-corrected chi connectivity index (χ1v) is 6.67. The fraction of sp³-hybridized carbons (Fsp3) is 0.385. The van der Waals surface area contributed by atoms with Crippen LogP contribution in [0.15, 0.2) is 22.7 Å². The first-order chi connectivity index (χ1) is 8.82. The van der Waals surface area contributed by atoms with E-state index in [0.717, 1.165) is 0 Å². The van der Waals surface area contributed by atoms with Crippen molar-refractivity contribution < 1.29 is 14.3 Å². The second-order valence-electron chi connectivity index (χ2n) is 4.42. The van der Waals surface area contributed by atoms with Gasteiger partial charge >= 0.3 is 5.97 Å². The maximum absolute atomic E-state index is 11.9. The molecule has 0 heterocycles. The van der Waals surface area contributed by atoms with E-state index in [4.69, 9.17) is 10.5 Å². The van der Waals surface area contributed by atoms with Gasteiger partial charge in [0.15, 0.2) is 6.10 Å². The summed E-state index contributed by atoms with van der Waals surface area (Å²) in [6.07, 6.45) is -0.858. The van der Waals surface area contributed by atoms with Crippen molar-refractivity contribution >= 4 is 33.5 Å². The van der Waals surface area contributed by atoms with Crippen LogP contribution in [0.3, 0.4) is 0 Å². The highest BCUT2D eigenvalue weighted by Gasteiger charge is 2.21. The number of hydrogen-bond donors (Lipinski definition) is 2. The Hall–Kier alpha value is -1.56. The summed E-state index contributed by atoms with van der Waals surface area (Å²) in [4.78, 5) is 23.6. The number of carbonyl (C=O) groups excluding carboxylic acids is 2. The van der Waals surface area contributed by atoms with Gasteiger partial charge in [0.05, 0.1) is 10.0 Å². The van der Waals surface area contributed by atoms with Gasteiger partial charge in [-0.15, -0.1) is 0 Å². The highest BCUT2D eigenvalue weighted by Crippen LogP contribution is 2.24.